The molecular formula is C14H16N2. The Kier molecular flexibility index (Phi) is 3.10. The van der Waals surface area contributed by atoms with Gasteiger partial charge in [0.1, 0.15) is 0 Å². The van der Waals surface area contributed by atoms with Gasteiger partial charge >= 0.3 is 0 Å². The van der Waals surface area contributed by atoms with E-state index in [-0.39, 0.29) is 0 Å². The number of hydrogen-bond acceptors (Lipinski definition) is 2. The largest absolute Gasteiger partial charge is 0.397 e. The second-order valence-corrected chi connectivity index (χ2v) is 3.76. The van der Waals surface area contributed by atoms with Crippen molar-refractivity contribution in [2.24, 2.45) is 0 Å². The van der Waals surface area contributed by atoms with E-state index in [2.05, 4.69) is 36.5 Å². The van der Waals surface area contributed by atoms with E-state index in [1.54, 1.807) is 0 Å². The van der Waals surface area contributed by atoms with Gasteiger partial charge in [-0.2, -0.15) is 0 Å². The molecule has 0 saturated heterocycles. The predicted molar refractivity (Wildman–Crippen MR) is 70.0 cm³/mol. The number of nitrogens with one attached hydrogen (secondary N) is 1. The molecule has 0 radical (unpaired) electrons. The lowest BCUT2D eigenvalue weighted by molar-refractivity contribution is 1.14. The number of para-hydroxylation sites is 2. The molecule has 0 amide bonds. The zero-order chi connectivity index (χ0) is 11.4. The second kappa shape index (κ2) is 4.71. The molecule has 2 aromatic rings. The van der Waals surface area contributed by atoms with Crippen LogP contribution in [0, 0.1) is 0 Å². The van der Waals surface area contributed by atoms with Gasteiger partial charge in [-0.3, -0.25) is 0 Å². The maximum absolute atomic E-state index is 5.86. The molecule has 0 aliphatic carbocycles. The van der Waals surface area contributed by atoms with Crippen molar-refractivity contribution in [3.05, 3.63) is 54.1 Å². The lowest BCUT2D eigenvalue weighted by atomic mass is 10.1. The van der Waals surface area contributed by atoms with E-state index >= 15 is 0 Å². The Labute approximate surface area is 96.1 Å². The summed E-state index contributed by atoms with van der Waals surface area (Å²) in [5.74, 6) is 0. The Morgan fingerprint density at radius 1 is 1.00 bits per heavy atom. The molecule has 82 valence electrons. The monoisotopic (exact) mass is 212 g/mol. The summed E-state index contributed by atoms with van der Waals surface area (Å²) >= 11 is 0. The molecular weight excluding hydrogens is 196 g/mol. The molecule has 3 N–H and O–H groups in total. The van der Waals surface area contributed by atoms with Gasteiger partial charge in [-0.25, -0.2) is 0 Å². The third-order valence-electron chi connectivity index (χ3n) is 2.60. The van der Waals surface area contributed by atoms with Crippen LogP contribution in [0.25, 0.3) is 0 Å². The van der Waals surface area contributed by atoms with Crippen LogP contribution in [-0.2, 0) is 6.42 Å². The number of rotatable bonds is 3. The zero-order valence-electron chi connectivity index (χ0n) is 9.40. The highest BCUT2D eigenvalue weighted by Crippen LogP contribution is 2.22. The number of anilines is 3. The van der Waals surface area contributed by atoms with Gasteiger partial charge in [0.2, 0.25) is 0 Å². The molecule has 0 unspecified atom stereocenters. The Morgan fingerprint density at radius 3 is 2.31 bits per heavy atom. The van der Waals surface area contributed by atoms with Gasteiger partial charge in [0.25, 0.3) is 0 Å². The van der Waals surface area contributed by atoms with Crippen LogP contribution in [0.4, 0.5) is 17.1 Å². The van der Waals surface area contributed by atoms with Crippen molar-refractivity contribution in [1.82, 2.24) is 0 Å². The van der Waals surface area contributed by atoms with Crippen LogP contribution in [0.1, 0.15) is 12.5 Å². The molecule has 16 heavy (non-hydrogen) atoms. The number of benzene rings is 2. The van der Waals surface area contributed by atoms with Crippen LogP contribution in [0.2, 0.25) is 0 Å². The van der Waals surface area contributed by atoms with Gasteiger partial charge in [-0.15, -0.1) is 0 Å². The Morgan fingerprint density at radius 2 is 1.69 bits per heavy atom. The van der Waals surface area contributed by atoms with Crippen LogP contribution in [0.3, 0.4) is 0 Å². The van der Waals surface area contributed by atoms with Crippen molar-refractivity contribution in [3.63, 3.8) is 0 Å². The highest BCUT2D eigenvalue weighted by Gasteiger charge is 1.97. The summed E-state index contributed by atoms with van der Waals surface area (Å²) in [6.07, 6.45) is 1.06. The normalized spacial score (nSPS) is 10.1. The van der Waals surface area contributed by atoms with Gasteiger partial charge in [0, 0.05) is 5.69 Å². The van der Waals surface area contributed by atoms with Crippen LogP contribution in [-0.4, -0.2) is 0 Å². The smallest absolute Gasteiger partial charge is 0.0617 e. The first-order valence-corrected chi connectivity index (χ1v) is 5.50. The maximum atomic E-state index is 5.86. The summed E-state index contributed by atoms with van der Waals surface area (Å²) in [4.78, 5) is 0. The van der Waals surface area contributed by atoms with E-state index in [0.717, 1.165) is 23.5 Å². The fourth-order valence-electron chi connectivity index (χ4n) is 1.59. The molecule has 0 fully saturated rings. The van der Waals surface area contributed by atoms with Crippen LogP contribution < -0.4 is 11.1 Å². The summed E-state index contributed by atoms with van der Waals surface area (Å²) < 4.78 is 0. The summed E-state index contributed by atoms with van der Waals surface area (Å²) in [5.41, 5.74) is 9.98. The molecule has 0 aromatic heterocycles. The minimum atomic E-state index is 0.766. The lowest BCUT2D eigenvalue weighted by Crippen LogP contribution is -1.95. The van der Waals surface area contributed by atoms with Gasteiger partial charge in [0.05, 0.1) is 11.4 Å². The molecule has 0 atom stereocenters. The summed E-state index contributed by atoms with van der Waals surface area (Å²) in [6.45, 7) is 2.15. The minimum Gasteiger partial charge on any atom is -0.397 e. The zero-order valence-corrected chi connectivity index (χ0v) is 9.40. The topological polar surface area (TPSA) is 38.0 Å². The third-order valence-corrected chi connectivity index (χ3v) is 2.60. The van der Waals surface area contributed by atoms with E-state index in [1.165, 1.54) is 5.56 Å². The minimum absolute atomic E-state index is 0.766. The van der Waals surface area contributed by atoms with Gasteiger partial charge in [-0.1, -0.05) is 31.2 Å². The molecule has 0 aliphatic rings. The molecule has 2 heteroatoms. The van der Waals surface area contributed by atoms with Gasteiger partial charge < -0.3 is 11.1 Å². The standard InChI is InChI=1S/C14H16N2/c1-2-11-7-9-12(10-8-11)16-14-6-4-3-5-13(14)15/h3-10,16H,2,15H2,1H3. The highest BCUT2D eigenvalue weighted by atomic mass is 14.9. The first-order valence-electron chi connectivity index (χ1n) is 5.50. The van der Waals surface area contributed by atoms with Gasteiger partial charge in [-0.05, 0) is 36.2 Å². The first kappa shape index (κ1) is 10.6. The number of nitrogens with two attached hydrogens (primary N) is 1. The van der Waals surface area contributed by atoms with Crippen molar-refractivity contribution in [2.45, 2.75) is 13.3 Å². The van der Waals surface area contributed by atoms with Crippen LogP contribution in [0.15, 0.2) is 48.5 Å². The Bertz CT molecular complexity index is 460. The molecule has 0 saturated carbocycles. The van der Waals surface area contributed by atoms with E-state index < -0.39 is 0 Å². The molecule has 0 aliphatic heterocycles. The summed E-state index contributed by atoms with van der Waals surface area (Å²) in [6, 6.07) is 16.2. The molecule has 0 heterocycles. The number of aryl methyl sites for hydroxylation is 1. The molecule has 2 rings (SSSR count). The Balaban J connectivity index is 2.18. The van der Waals surface area contributed by atoms with Crippen LogP contribution >= 0.6 is 0 Å². The first-order chi connectivity index (χ1) is 7.79. The predicted octanol–water partition coefficient (Wildman–Crippen LogP) is 3.57. The van der Waals surface area contributed by atoms with Crippen molar-refractivity contribution in [2.75, 3.05) is 11.1 Å². The lowest BCUT2D eigenvalue weighted by Gasteiger charge is -2.09. The number of nitrogen functional groups attached to an aromatic ring is 1. The summed E-state index contributed by atoms with van der Waals surface area (Å²) in [7, 11) is 0. The van der Waals surface area contributed by atoms with E-state index in [1.807, 2.05) is 24.3 Å². The van der Waals surface area contributed by atoms with E-state index in [0.29, 0.717) is 0 Å². The Hall–Kier alpha value is -1.96. The average molecular weight is 212 g/mol. The van der Waals surface area contributed by atoms with Crippen molar-refractivity contribution < 1.29 is 0 Å². The molecule has 0 spiro atoms. The van der Waals surface area contributed by atoms with E-state index in [9.17, 15) is 0 Å². The molecule has 2 aromatic carbocycles. The third kappa shape index (κ3) is 2.34. The highest BCUT2D eigenvalue weighted by molar-refractivity contribution is 5.72. The second-order valence-electron chi connectivity index (χ2n) is 3.76. The SMILES string of the molecule is CCc1ccc(Nc2ccccc2N)cc1. The van der Waals surface area contributed by atoms with Crippen molar-refractivity contribution in [3.8, 4) is 0 Å². The quantitative estimate of drug-likeness (QED) is 0.763. The van der Waals surface area contributed by atoms with E-state index in [4.69, 9.17) is 5.73 Å². The molecule has 0 bridgehead atoms. The van der Waals surface area contributed by atoms with Gasteiger partial charge in [0.15, 0.2) is 0 Å². The maximum Gasteiger partial charge on any atom is 0.0617 e. The average Bonchev–Trinajstić information content (AvgIpc) is 2.33. The van der Waals surface area contributed by atoms with Crippen molar-refractivity contribution in [1.29, 1.82) is 0 Å². The summed E-state index contributed by atoms with van der Waals surface area (Å²) in [5, 5.41) is 3.30. The fourth-order valence-corrected chi connectivity index (χ4v) is 1.59. The fraction of sp³-hybridized carbons (Fsp3) is 0.143. The van der Waals surface area contributed by atoms with Crippen LogP contribution in [0.5, 0.6) is 0 Å². The van der Waals surface area contributed by atoms with Crippen molar-refractivity contribution >= 4 is 17.1 Å². The number of hydrogen-bond donors (Lipinski definition) is 2. The molecule has 2 nitrogen and oxygen atoms in total.